The number of benzene rings is 2. The van der Waals surface area contributed by atoms with Crippen molar-refractivity contribution in [3.05, 3.63) is 70.9 Å². The molecule has 4 rings (SSSR count). The van der Waals surface area contributed by atoms with Crippen molar-refractivity contribution in [3.8, 4) is 17.0 Å². The highest BCUT2D eigenvalue weighted by Crippen LogP contribution is 2.27. The molecule has 7 heteroatoms. The molecule has 30 heavy (non-hydrogen) atoms. The smallest absolute Gasteiger partial charge is 0.269 e. The summed E-state index contributed by atoms with van der Waals surface area (Å²) >= 11 is 6.24. The summed E-state index contributed by atoms with van der Waals surface area (Å²) in [4.78, 5) is 15.2. The molecule has 1 unspecified atom stereocenters. The van der Waals surface area contributed by atoms with E-state index in [1.54, 1.807) is 19.2 Å². The summed E-state index contributed by atoms with van der Waals surface area (Å²) in [6.07, 6.45) is 2.37. The largest absolute Gasteiger partial charge is 0.497 e. The van der Waals surface area contributed by atoms with Crippen LogP contribution in [0.3, 0.4) is 0 Å². The number of rotatable bonds is 7. The number of hydrogen-bond acceptors (Lipinski definition) is 4. The topological polar surface area (TPSA) is 70.2 Å². The number of halogens is 1. The van der Waals surface area contributed by atoms with E-state index >= 15 is 0 Å². The van der Waals surface area contributed by atoms with Crippen molar-refractivity contribution >= 4 is 17.5 Å². The van der Waals surface area contributed by atoms with Crippen LogP contribution in [0.4, 0.5) is 0 Å². The van der Waals surface area contributed by atoms with Crippen LogP contribution in [-0.4, -0.2) is 47.7 Å². The van der Waals surface area contributed by atoms with Gasteiger partial charge in [-0.25, -0.2) is 0 Å². The van der Waals surface area contributed by atoms with Crippen molar-refractivity contribution < 1.29 is 9.53 Å². The lowest BCUT2D eigenvalue weighted by Crippen LogP contribution is -2.36. The third-order valence-corrected chi connectivity index (χ3v) is 5.84. The van der Waals surface area contributed by atoms with Gasteiger partial charge in [-0.1, -0.05) is 41.9 Å². The fourth-order valence-corrected chi connectivity index (χ4v) is 4.10. The minimum atomic E-state index is -0.182. The van der Waals surface area contributed by atoms with E-state index in [1.807, 2.05) is 30.3 Å². The number of likely N-dealkylation sites (tertiary alicyclic amines) is 1. The van der Waals surface area contributed by atoms with Gasteiger partial charge in [-0.15, -0.1) is 0 Å². The Bertz CT molecular complexity index is 996. The molecule has 1 aliphatic heterocycles. The molecule has 6 nitrogen and oxygen atoms in total. The molecular formula is C23H25ClN4O2. The van der Waals surface area contributed by atoms with Gasteiger partial charge in [-0.3, -0.25) is 14.8 Å². The van der Waals surface area contributed by atoms with Crippen LogP contribution in [0, 0.1) is 0 Å². The van der Waals surface area contributed by atoms with Crippen LogP contribution in [0.1, 0.15) is 34.9 Å². The van der Waals surface area contributed by atoms with Crippen LogP contribution in [0.2, 0.25) is 5.02 Å². The lowest BCUT2D eigenvalue weighted by atomic mass is 10.1. The molecule has 1 aliphatic rings. The number of ether oxygens (including phenoxy) is 1. The summed E-state index contributed by atoms with van der Waals surface area (Å²) in [6, 6.07) is 17.4. The fraction of sp³-hybridized carbons (Fsp3) is 0.304. The number of aromatic nitrogens is 2. The Morgan fingerprint density at radius 1 is 1.20 bits per heavy atom. The van der Waals surface area contributed by atoms with E-state index in [0.717, 1.165) is 24.4 Å². The van der Waals surface area contributed by atoms with E-state index in [-0.39, 0.29) is 11.9 Å². The summed E-state index contributed by atoms with van der Waals surface area (Å²) in [5.41, 5.74) is 3.03. The van der Waals surface area contributed by atoms with E-state index < -0.39 is 0 Å². The highest BCUT2D eigenvalue weighted by atomic mass is 35.5. The van der Waals surface area contributed by atoms with Gasteiger partial charge in [0.15, 0.2) is 0 Å². The number of H-pyrrole nitrogens is 1. The molecule has 1 atom stereocenters. The van der Waals surface area contributed by atoms with Crippen molar-refractivity contribution in [2.75, 3.05) is 26.7 Å². The average molecular weight is 425 g/mol. The maximum atomic E-state index is 12.8. The Morgan fingerprint density at radius 2 is 1.93 bits per heavy atom. The summed E-state index contributed by atoms with van der Waals surface area (Å²) in [5.74, 6) is 0.644. The quantitative estimate of drug-likeness (QED) is 0.593. The van der Waals surface area contributed by atoms with E-state index in [4.69, 9.17) is 16.3 Å². The third kappa shape index (κ3) is 4.50. The van der Waals surface area contributed by atoms with Crippen molar-refractivity contribution in [1.82, 2.24) is 20.4 Å². The van der Waals surface area contributed by atoms with Crippen LogP contribution in [0.25, 0.3) is 11.3 Å². The van der Waals surface area contributed by atoms with Gasteiger partial charge < -0.3 is 10.1 Å². The zero-order chi connectivity index (χ0) is 20.9. The fourth-order valence-electron chi connectivity index (χ4n) is 3.87. The maximum Gasteiger partial charge on any atom is 0.269 e. The molecule has 0 radical (unpaired) electrons. The zero-order valence-electron chi connectivity index (χ0n) is 16.9. The Balaban J connectivity index is 1.46. The van der Waals surface area contributed by atoms with Crippen molar-refractivity contribution in [1.29, 1.82) is 0 Å². The molecule has 2 N–H and O–H groups in total. The highest BCUT2D eigenvalue weighted by Gasteiger charge is 2.24. The van der Waals surface area contributed by atoms with Gasteiger partial charge in [-0.05, 0) is 55.8 Å². The number of hydrogen-bond donors (Lipinski definition) is 2. The van der Waals surface area contributed by atoms with E-state index in [2.05, 4.69) is 32.5 Å². The number of nitrogens with one attached hydrogen (secondary N) is 2. The number of aromatic amines is 1. The number of methoxy groups -OCH3 is 1. The Kier molecular flexibility index (Phi) is 6.35. The molecule has 0 spiro atoms. The third-order valence-electron chi connectivity index (χ3n) is 5.51. The van der Waals surface area contributed by atoms with Crippen LogP contribution in [0.5, 0.6) is 5.75 Å². The summed E-state index contributed by atoms with van der Waals surface area (Å²) in [7, 11) is 1.66. The molecule has 1 fully saturated rings. The first-order valence-electron chi connectivity index (χ1n) is 10.1. The predicted octanol–water partition coefficient (Wildman–Crippen LogP) is 4.31. The van der Waals surface area contributed by atoms with Gasteiger partial charge in [0.25, 0.3) is 5.91 Å². The maximum absolute atomic E-state index is 12.8. The van der Waals surface area contributed by atoms with Gasteiger partial charge >= 0.3 is 0 Å². The number of nitrogens with zero attached hydrogens (tertiary/aromatic N) is 2. The van der Waals surface area contributed by atoms with Crippen LogP contribution in [-0.2, 0) is 0 Å². The van der Waals surface area contributed by atoms with E-state index in [1.165, 1.54) is 18.4 Å². The lowest BCUT2D eigenvalue weighted by Gasteiger charge is -2.28. The van der Waals surface area contributed by atoms with Crippen LogP contribution < -0.4 is 10.1 Å². The summed E-state index contributed by atoms with van der Waals surface area (Å²) in [5, 5.41) is 10.8. The monoisotopic (exact) mass is 424 g/mol. The second-order valence-electron chi connectivity index (χ2n) is 7.39. The van der Waals surface area contributed by atoms with Crippen LogP contribution >= 0.6 is 11.6 Å². The molecule has 0 saturated carbocycles. The van der Waals surface area contributed by atoms with Crippen LogP contribution in [0.15, 0.2) is 54.6 Å². The lowest BCUT2D eigenvalue weighted by molar-refractivity contribution is 0.0933. The SMILES string of the molecule is COc1ccc(C(CNC(=O)c2cc(-c3ccccc3Cl)n[nH]2)N2CCCC2)cc1. The minimum Gasteiger partial charge on any atom is -0.497 e. The van der Waals surface area contributed by atoms with E-state index in [0.29, 0.717) is 23.0 Å². The minimum absolute atomic E-state index is 0.119. The molecule has 1 saturated heterocycles. The molecular weight excluding hydrogens is 400 g/mol. The predicted molar refractivity (Wildman–Crippen MR) is 118 cm³/mol. The second-order valence-corrected chi connectivity index (χ2v) is 7.80. The number of carbonyl (C=O) groups is 1. The molecule has 1 amide bonds. The van der Waals surface area contributed by atoms with Gasteiger partial charge in [0.05, 0.1) is 23.9 Å². The van der Waals surface area contributed by atoms with Gasteiger partial charge in [0.2, 0.25) is 0 Å². The molecule has 2 aromatic carbocycles. The first-order chi connectivity index (χ1) is 14.7. The van der Waals surface area contributed by atoms with Crippen molar-refractivity contribution in [2.24, 2.45) is 0 Å². The van der Waals surface area contributed by atoms with E-state index in [9.17, 15) is 4.79 Å². The average Bonchev–Trinajstić information content (AvgIpc) is 3.47. The summed E-state index contributed by atoms with van der Waals surface area (Å²) in [6.45, 7) is 2.59. The van der Waals surface area contributed by atoms with Gasteiger partial charge in [0.1, 0.15) is 11.4 Å². The molecule has 156 valence electrons. The summed E-state index contributed by atoms with van der Waals surface area (Å²) < 4.78 is 5.27. The van der Waals surface area contributed by atoms with Gasteiger partial charge in [-0.2, -0.15) is 5.10 Å². The second kappa shape index (κ2) is 9.32. The number of amides is 1. The Labute approximate surface area is 181 Å². The Morgan fingerprint density at radius 3 is 2.63 bits per heavy atom. The molecule has 0 bridgehead atoms. The van der Waals surface area contributed by atoms with Crippen molar-refractivity contribution in [3.63, 3.8) is 0 Å². The Hall–Kier alpha value is -2.83. The van der Waals surface area contributed by atoms with Crippen molar-refractivity contribution in [2.45, 2.75) is 18.9 Å². The normalized spacial score (nSPS) is 15.1. The standard InChI is InChI=1S/C23H25ClN4O2/c1-30-17-10-8-16(9-11-17)22(28-12-4-5-13-28)15-25-23(29)21-14-20(26-27-21)18-6-2-3-7-19(18)24/h2-3,6-11,14,22H,4-5,12-13,15H2,1H3,(H,25,29)(H,26,27). The molecule has 1 aromatic heterocycles. The molecule has 0 aliphatic carbocycles. The first-order valence-corrected chi connectivity index (χ1v) is 10.5. The highest BCUT2D eigenvalue weighted by molar-refractivity contribution is 6.33. The zero-order valence-corrected chi connectivity index (χ0v) is 17.7. The number of carbonyl (C=O) groups excluding carboxylic acids is 1. The van der Waals surface area contributed by atoms with Gasteiger partial charge in [0, 0.05) is 12.1 Å². The first kappa shape index (κ1) is 20.4. The molecule has 3 aromatic rings. The molecule has 2 heterocycles.